The number of hydrogen-bond acceptors (Lipinski definition) is 4. The van der Waals surface area contributed by atoms with Crippen LogP contribution in [0, 0.1) is 10.1 Å². The fourth-order valence-electron chi connectivity index (χ4n) is 2.72. The van der Waals surface area contributed by atoms with E-state index in [0.717, 1.165) is 37.9 Å². The van der Waals surface area contributed by atoms with Crippen LogP contribution >= 0.6 is 0 Å². The van der Waals surface area contributed by atoms with Crippen molar-refractivity contribution in [1.29, 1.82) is 0 Å². The van der Waals surface area contributed by atoms with Gasteiger partial charge in [-0.3, -0.25) is 15.0 Å². The van der Waals surface area contributed by atoms with Crippen molar-refractivity contribution >= 4 is 5.69 Å². The number of nitro groups is 1. The molecule has 0 fully saturated rings. The second-order valence-electron chi connectivity index (χ2n) is 5.79. The van der Waals surface area contributed by atoms with E-state index < -0.39 is 0 Å². The molecular formula is C16H27N3O2. The Morgan fingerprint density at radius 1 is 1.29 bits per heavy atom. The maximum absolute atomic E-state index is 10.9. The van der Waals surface area contributed by atoms with Crippen LogP contribution in [-0.4, -0.2) is 35.0 Å². The van der Waals surface area contributed by atoms with Gasteiger partial charge in [0, 0.05) is 24.2 Å². The molecule has 1 aromatic rings. The molecule has 1 unspecified atom stereocenters. The Labute approximate surface area is 127 Å². The first-order valence-corrected chi connectivity index (χ1v) is 7.65. The van der Waals surface area contributed by atoms with Crippen LogP contribution in [0.4, 0.5) is 5.69 Å². The van der Waals surface area contributed by atoms with Crippen LogP contribution in [0.1, 0.15) is 39.2 Å². The lowest BCUT2D eigenvalue weighted by Gasteiger charge is -2.41. The molecule has 0 saturated carbocycles. The van der Waals surface area contributed by atoms with Gasteiger partial charge in [0.1, 0.15) is 0 Å². The molecule has 0 aliphatic rings. The Morgan fingerprint density at radius 3 is 2.38 bits per heavy atom. The SMILES string of the molecule is CCCN(CCC)C(C)(CN)Cc1cccc([N+](=O)[O-])c1. The molecule has 2 N–H and O–H groups in total. The molecule has 0 aromatic heterocycles. The van der Waals surface area contributed by atoms with E-state index in [-0.39, 0.29) is 16.1 Å². The number of hydrogen-bond donors (Lipinski definition) is 1. The molecular weight excluding hydrogens is 266 g/mol. The van der Waals surface area contributed by atoms with Crippen LogP contribution in [0.3, 0.4) is 0 Å². The summed E-state index contributed by atoms with van der Waals surface area (Å²) >= 11 is 0. The van der Waals surface area contributed by atoms with Gasteiger partial charge >= 0.3 is 0 Å². The molecule has 0 bridgehead atoms. The average Bonchev–Trinajstić information content (AvgIpc) is 2.47. The number of nitrogens with zero attached hydrogens (tertiary/aromatic N) is 2. The molecule has 118 valence electrons. The molecule has 0 aliphatic carbocycles. The first-order chi connectivity index (χ1) is 9.96. The summed E-state index contributed by atoms with van der Waals surface area (Å²) in [5.74, 6) is 0. The minimum absolute atomic E-state index is 0.143. The molecule has 0 spiro atoms. The third-order valence-corrected chi connectivity index (χ3v) is 3.90. The van der Waals surface area contributed by atoms with E-state index in [1.165, 1.54) is 6.07 Å². The fourth-order valence-corrected chi connectivity index (χ4v) is 2.72. The number of nitro benzene ring substituents is 1. The van der Waals surface area contributed by atoms with Gasteiger partial charge in [0.2, 0.25) is 0 Å². The summed E-state index contributed by atoms with van der Waals surface area (Å²) in [7, 11) is 0. The van der Waals surface area contributed by atoms with Crippen molar-refractivity contribution in [3.8, 4) is 0 Å². The fraction of sp³-hybridized carbons (Fsp3) is 0.625. The second-order valence-corrected chi connectivity index (χ2v) is 5.79. The largest absolute Gasteiger partial charge is 0.329 e. The zero-order chi connectivity index (χ0) is 15.9. The highest BCUT2D eigenvalue weighted by Crippen LogP contribution is 2.23. The summed E-state index contributed by atoms with van der Waals surface area (Å²) in [5.41, 5.74) is 6.98. The van der Waals surface area contributed by atoms with Gasteiger partial charge in [-0.15, -0.1) is 0 Å². The van der Waals surface area contributed by atoms with Crippen molar-refractivity contribution in [2.24, 2.45) is 5.73 Å². The van der Waals surface area contributed by atoms with Gasteiger partial charge in [-0.1, -0.05) is 26.0 Å². The first kappa shape index (κ1) is 17.6. The zero-order valence-corrected chi connectivity index (χ0v) is 13.3. The second kappa shape index (κ2) is 8.10. The summed E-state index contributed by atoms with van der Waals surface area (Å²) in [5, 5.41) is 10.9. The van der Waals surface area contributed by atoms with Crippen molar-refractivity contribution < 1.29 is 4.92 Å². The van der Waals surface area contributed by atoms with E-state index in [4.69, 9.17) is 5.73 Å². The van der Waals surface area contributed by atoms with Crippen LogP contribution in [0.15, 0.2) is 24.3 Å². The molecule has 0 saturated heterocycles. The lowest BCUT2D eigenvalue weighted by atomic mass is 9.90. The van der Waals surface area contributed by atoms with Gasteiger partial charge in [0.05, 0.1) is 4.92 Å². The average molecular weight is 293 g/mol. The molecule has 1 aromatic carbocycles. The van der Waals surface area contributed by atoms with Gasteiger partial charge in [-0.05, 0) is 44.8 Å². The Balaban J connectivity index is 2.97. The van der Waals surface area contributed by atoms with Crippen LogP contribution < -0.4 is 5.73 Å². The Kier molecular flexibility index (Phi) is 6.78. The maximum Gasteiger partial charge on any atom is 0.269 e. The van der Waals surface area contributed by atoms with E-state index in [0.29, 0.717) is 6.54 Å². The Bertz CT molecular complexity index is 459. The summed E-state index contributed by atoms with van der Waals surface area (Å²) in [6.45, 7) is 9.00. The summed E-state index contributed by atoms with van der Waals surface area (Å²) < 4.78 is 0. The predicted octanol–water partition coefficient (Wildman–Crippen LogP) is 2.98. The molecule has 0 aliphatic heterocycles. The van der Waals surface area contributed by atoms with Gasteiger partial charge in [0.25, 0.3) is 5.69 Å². The van der Waals surface area contributed by atoms with E-state index >= 15 is 0 Å². The third-order valence-electron chi connectivity index (χ3n) is 3.90. The molecule has 1 rings (SSSR count). The van der Waals surface area contributed by atoms with Gasteiger partial charge < -0.3 is 5.73 Å². The molecule has 21 heavy (non-hydrogen) atoms. The van der Waals surface area contributed by atoms with Crippen molar-refractivity contribution in [3.05, 3.63) is 39.9 Å². The number of rotatable bonds is 9. The monoisotopic (exact) mass is 293 g/mol. The van der Waals surface area contributed by atoms with Crippen LogP contribution in [0.25, 0.3) is 0 Å². The molecule has 0 amide bonds. The maximum atomic E-state index is 10.9. The van der Waals surface area contributed by atoms with E-state index in [2.05, 4.69) is 25.7 Å². The summed E-state index contributed by atoms with van der Waals surface area (Å²) in [6.07, 6.45) is 2.88. The van der Waals surface area contributed by atoms with Crippen LogP contribution in [0.5, 0.6) is 0 Å². The summed E-state index contributed by atoms with van der Waals surface area (Å²) in [6, 6.07) is 6.87. The van der Waals surface area contributed by atoms with Gasteiger partial charge in [0.15, 0.2) is 0 Å². The van der Waals surface area contributed by atoms with E-state index in [1.54, 1.807) is 12.1 Å². The lowest BCUT2D eigenvalue weighted by molar-refractivity contribution is -0.384. The number of non-ortho nitro benzene ring substituents is 1. The Morgan fingerprint density at radius 2 is 1.90 bits per heavy atom. The molecule has 5 nitrogen and oxygen atoms in total. The third kappa shape index (κ3) is 4.79. The predicted molar refractivity (Wildman–Crippen MR) is 86.4 cm³/mol. The zero-order valence-electron chi connectivity index (χ0n) is 13.3. The quantitative estimate of drug-likeness (QED) is 0.561. The van der Waals surface area contributed by atoms with E-state index in [1.807, 2.05) is 6.07 Å². The van der Waals surface area contributed by atoms with Crippen molar-refractivity contribution in [3.63, 3.8) is 0 Å². The first-order valence-electron chi connectivity index (χ1n) is 7.65. The standard InChI is InChI=1S/C16H27N3O2/c1-4-9-18(10-5-2)16(3,13-17)12-14-7-6-8-15(11-14)19(20)21/h6-8,11H,4-5,9-10,12-13,17H2,1-3H3. The summed E-state index contributed by atoms with van der Waals surface area (Å²) in [4.78, 5) is 13.0. The van der Waals surface area contributed by atoms with Gasteiger partial charge in [-0.25, -0.2) is 0 Å². The number of nitrogens with two attached hydrogens (primary N) is 1. The normalized spacial score (nSPS) is 14.1. The van der Waals surface area contributed by atoms with Gasteiger partial charge in [-0.2, -0.15) is 0 Å². The highest BCUT2D eigenvalue weighted by molar-refractivity contribution is 5.35. The van der Waals surface area contributed by atoms with E-state index in [9.17, 15) is 10.1 Å². The lowest BCUT2D eigenvalue weighted by Crippen LogP contribution is -2.53. The highest BCUT2D eigenvalue weighted by Gasteiger charge is 2.30. The molecule has 1 atom stereocenters. The van der Waals surface area contributed by atoms with Crippen molar-refractivity contribution in [2.45, 2.75) is 45.6 Å². The minimum atomic E-state index is -0.348. The molecule has 0 heterocycles. The van der Waals surface area contributed by atoms with Crippen molar-refractivity contribution in [2.75, 3.05) is 19.6 Å². The Hall–Kier alpha value is -1.46. The van der Waals surface area contributed by atoms with Crippen LogP contribution in [-0.2, 0) is 6.42 Å². The smallest absolute Gasteiger partial charge is 0.269 e. The minimum Gasteiger partial charge on any atom is -0.329 e. The molecule has 0 radical (unpaired) electrons. The van der Waals surface area contributed by atoms with Crippen LogP contribution in [0.2, 0.25) is 0 Å². The highest BCUT2D eigenvalue weighted by atomic mass is 16.6. The topological polar surface area (TPSA) is 72.4 Å². The number of benzene rings is 1. The van der Waals surface area contributed by atoms with Crippen molar-refractivity contribution in [1.82, 2.24) is 4.90 Å². The molecule has 5 heteroatoms.